The summed E-state index contributed by atoms with van der Waals surface area (Å²) < 4.78 is 5.20. The molecule has 1 aromatic heterocycles. The van der Waals surface area contributed by atoms with Crippen LogP contribution in [-0.2, 0) is 10.2 Å². The molecule has 110 valence electrons. The van der Waals surface area contributed by atoms with Crippen molar-refractivity contribution in [3.05, 3.63) is 17.5 Å². The molecular weight excluding hydrogens is 260 g/mol. The molecule has 1 fully saturated rings. The minimum Gasteiger partial charge on any atom is -0.480 e. The van der Waals surface area contributed by atoms with E-state index in [0.29, 0.717) is 5.76 Å². The van der Waals surface area contributed by atoms with Crippen molar-refractivity contribution in [1.82, 2.24) is 10.1 Å². The van der Waals surface area contributed by atoms with E-state index in [-0.39, 0.29) is 23.1 Å². The molecule has 20 heavy (non-hydrogen) atoms. The van der Waals surface area contributed by atoms with E-state index in [1.54, 1.807) is 6.07 Å². The Hall–Kier alpha value is -1.85. The lowest BCUT2D eigenvalue weighted by Crippen LogP contribution is -2.44. The van der Waals surface area contributed by atoms with Gasteiger partial charge in [0.25, 0.3) is 5.91 Å². The summed E-state index contributed by atoms with van der Waals surface area (Å²) in [5.74, 6) is -0.772. The molecule has 0 bridgehead atoms. The lowest BCUT2D eigenvalue weighted by atomic mass is 9.93. The van der Waals surface area contributed by atoms with Crippen LogP contribution in [0.1, 0.15) is 56.8 Å². The first-order valence-corrected chi connectivity index (χ1v) is 6.74. The number of carboxylic acid groups (broad SMARTS) is 1. The molecule has 1 aliphatic rings. The van der Waals surface area contributed by atoms with Gasteiger partial charge in [-0.15, -0.1) is 0 Å². The third-order valence-corrected chi connectivity index (χ3v) is 3.42. The highest BCUT2D eigenvalue weighted by Crippen LogP contribution is 2.31. The highest BCUT2D eigenvalue weighted by atomic mass is 16.5. The van der Waals surface area contributed by atoms with Gasteiger partial charge in [0.2, 0.25) is 0 Å². The highest BCUT2D eigenvalue weighted by Gasteiger charge is 2.40. The van der Waals surface area contributed by atoms with Gasteiger partial charge in [-0.1, -0.05) is 25.9 Å². The summed E-state index contributed by atoms with van der Waals surface area (Å²) in [4.78, 5) is 25.0. The third kappa shape index (κ3) is 2.84. The third-order valence-electron chi connectivity index (χ3n) is 3.42. The zero-order valence-corrected chi connectivity index (χ0v) is 12.2. The molecule has 0 spiro atoms. The summed E-state index contributed by atoms with van der Waals surface area (Å²) in [6.07, 6.45) is 1.68. The lowest BCUT2D eigenvalue weighted by Gasteiger charge is -2.25. The molecule has 1 aliphatic carbocycles. The Morgan fingerprint density at radius 2 is 2.05 bits per heavy atom. The second-order valence-corrected chi connectivity index (χ2v) is 6.28. The average Bonchev–Trinajstić information content (AvgIpc) is 3.03. The fourth-order valence-electron chi connectivity index (χ4n) is 1.99. The van der Waals surface area contributed by atoms with Gasteiger partial charge in [-0.2, -0.15) is 0 Å². The number of nitrogens with zero attached hydrogens (tertiary/aromatic N) is 2. The average molecular weight is 280 g/mol. The summed E-state index contributed by atoms with van der Waals surface area (Å²) in [7, 11) is 0. The molecule has 0 aromatic carbocycles. The van der Waals surface area contributed by atoms with Gasteiger partial charge in [0.15, 0.2) is 5.69 Å². The molecule has 0 radical (unpaired) electrons. The quantitative estimate of drug-likeness (QED) is 0.912. The van der Waals surface area contributed by atoms with Crippen molar-refractivity contribution >= 4 is 11.9 Å². The van der Waals surface area contributed by atoms with Crippen molar-refractivity contribution in [3.63, 3.8) is 0 Å². The van der Waals surface area contributed by atoms with Crippen LogP contribution in [0, 0.1) is 0 Å². The summed E-state index contributed by atoms with van der Waals surface area (Å²) in [5.41, 5.74) is -0.0659. The first kappa shape index (κ1) is 14.6. The smallest absolute Gasteiger partial charge is 0.326 e. The molecule has 1 atom stereocenters. The first-order valence-electron chi connectivity index (χ1n) is 6.74. The number of aliphatic carboxylic acids is 1. The van der Waals surface area contributed by atoms with Crippen molar-refractivity contribution in [2.45, 2.75) is 58.0 Å². The summed E-state index contributed by atoms with van der Waals surface area (Å²) in [5, 5.41) is 12.9. The molecule has 2 rings (SSSR count). The molecule has 0 aliphatic heterocycles. The Kier molecular flexibility index (Phi) is 3.58. The van der Waals surface area contributed by atoms with Crippen molar-refractivity contribution in [2.24, 2.45) is 0 Å². The molecule has 1 unspecified atom stereocenters. The van der Waals surface area contributed by atoms with E-state index in [9.17, 15) is 9.59 Å². The number of hydrogen-bond acceptors (Lipinski definition) is 4. The maximum Gasteiger partial charge on any atom is 0.326 e. The van der Waals surface area contributed by atoms with E-state index in [1.807, 2.05) is 20.8 Å². The minimum atomic E-state index is -1.01. The molecule has 6 nitrogen and oxygen atoms in total. The fourth-order valence-corrected chi connectivity index (χ4v) is 1.99. The Morgan fingerprint density at radius 3 is 2.45 bits per heavy atom. The van der Waals surface area contributed by atoms with Gasteiger partial charge in [0, 0.05) is 17.5 Å². The number of carbonyl (C=O) groups is 2. The van der Waals surface area contributed by atoms with Gasteiger partial charge in [0.1, 0.15) is 11.8 Å². The molecule has 6 heteroatoms. The molecule has 1 aromatic rings. The summed E-state index contributed by atoms with van der Waals surface area (Å²) in [6, 6.07) is 0.750. The Balaban J connectivity index is 2.24. The first-order chi connectivity index (χ1) is 9.21. The topological polar surface area (TPSA) is 83.6 Å². The second kappa shape index (κ2) is 4.92. The number of amides is 1. The number of rotatable bonds is 4. The van der Waals surface area contributed by atoms with Crippen LogP contribution in [0.15, 0.2) is 10.6 Å². The molecule has 0 saturated heterocycles. The largest absolute Gasteiger partial charge is 0.480 e. The van der Waals surface area contributed by atoms with E-state index in [0.717, 1.165) is 12.8 Å². The van der Waals surface area contributed by atoms with Crippen LogP contribution in [0.3, 0.4) is 0 Å². The van der Waals surface area contributed by atoms with Crippen molar-refractivity contribution in [2.75, 3.05) is 0 Å². The van der Waals surface area contributed by atoms with Gasteiger partial charge < -0.3 is 14.5 Å². The van der Waals surface area contributed by atoms with Crippen molar-refractivity contribution in [1.29, 1.82) is 0 Å². The number of aromatic nitrogens is 1. The number of carbonyl (C=O) groups excluding carboxylic acids is 1. The van der Waals surface area contributed by atoms with E-state index in [1.165, 1.54) is 11.8 Å². The van der Waals surface area contributed by atoms with Gasteiger partial charge in [-0.25, -0.2) is 4.79 Å². The summed E-state index contributed by atoms with van der Waals surface area (Å²) >= 11 is 0. The van der Waals surface area contributed by atoms with Crippen LogP contribution in [-0.4, -0.2) is 39.1 Å². The maximum atomic E-state index is 12.5. The van der Waals surface area contributed by atoms with Crippen LogP contribution >= 0.6 is 0 Å². The molecule has 1 saturated carbocycles. The standard InChI is InChI=1S/C14H20N2O4/c1-8(13(18)19)16(9-5-6-9)12(17)10-7-11(20-15-10)14(2,3)4/h7-9H,5-6H2,1-4H3,(H,18,19). The SMILES string of the molecule is CC(C(=O)O)N(C(=O)c1cc(C(C)(C)C)on1)C1CC1. The summed E-state index contributed by atoms with van der Waals surface area (Å²) in [6.45, 7) is 7.39. The van der Waals surface area contributed by atoms with E-state index in [4.69, 9.17) is 9.63 Å². The second-order valence-electron chi connectivity index (χ2n) is 6.28. The van der Waals surface area contributed by atoms with Crippen molar-refractivity contribution in [3.8, 4) is 0 Å². The minimum absolute atomic E-state index is 0.00314. The van der Waals surface area contributed by atoms with Crippen LogP contribution in [0.5, 0.6) is 0 Å². The van der Waals surface area contributed by atoms with Gasteiger partial charge in [-0.3, -0.25) is 4.79 Å². The predicted octanol–water partition coefficient (Wildman–Crippen LogP) is 2.05. The van der Waals surface area contributed by atoms with E-state index in [2.05, 4.69) is 5.16 Å². The molecule has 1 N–H and O–H groups in total. The zero-order valence-electron chi connectivity index (χ0n) is 12.2. The van der Waals surface area contributed by atoms with Crippen LogP contribution in [0.25, 0.3) is 0 Å². The van der Waals surface area contributed by atoms with Gasteiger partial charge in [0.05, 0.1) is 0 Å². The number of carboxylic acids is 1. The zero-order chi connectivity index (χ0) is 15.1. The number of hydrogen-bond donors (Lipinski definition) is 1. The van der Waals surface area contributed by atoms with Crippen LogP contribution in [0.2, 0.25) is 0 Å². The molecular formula is C14H20N2O4. The van der Waals surface area contributed by atoms with Crippen LogP contribution in [0.4, 0.5) is 0 Å². The molecule has 1 amide bonds. The molecule has 1 heterocycles. The van der Waals surface area contributed by atoms with Gasteiger partial charge >= 0.3 is 5.97 Å². The Labute approximate surface area is 117 Å². The van der Waals surface area contributed by atoms with Crippen LogP contribution < -0.4 is 0 Å². The Bertz CT molecular complexity index is 526. The normalized spacial score (nSPS) is 16.8. The maximum absolute atomic E-state index is 12.5. The highest BCUT2D eigenvalue weighted by molar-refractivity contribution is 5.95. The Morgan fingerprint density at radius 1 is 1.45 bits per heavy atom. The predicted molar refractivity (Wildman–Crippen MR) is 71.5 cm³/mol. The monoisotopic (exact) mass is 280 g/mol. The van der Waals surface area contributed by atoms with E-state index >= 15 is 0 Å². The van der Waals surface area contributed by atoms with Gasteiger partial charge in [-0.05, 0) is 19.8 Å². The fraction of sp³-hybridized carbons (Fsp3) is 0.643. The van der Waals surface area contributed by atoms with Crippen molar-refractivity contribution < 1.29 is 19.2 Å². The van der Waals surface area contributed by atoms with E-state index < -0.39 is 12.0 Å². The lowest BCUT2D eigenvalue weighted by molar-refractivity contribution is -0.141.